The van der Waals surface area contributed by atoms with E-state index in [-0.39, 0.29) is 18.7 Å². The predicted molar refractivity (Wildman–Crippen MR) is 110 cm³/mol. The Morgan fingerprint density at radius 3 is 2.48 bits per heavy atom. The molecule has 2 aliphatic heterocycles. The van der Waals surface area contributed by atoms with E-state index in [1.54, 1.807) is 41.3 Å². The van der Waals surface area contributed by atoms with Crippen molar-refractivity contribution in [3.8, 4) is 17.2 Å². The van der Waals surface area contributed by atoms with Gasteiger partial charge in [-0.1, -0.05) is 35.3 Å². The molecule has 7 heteroatoms. The SMILES string of the molecule is O=C1[C@H](Oc2ccc(Cl)cc2)[C@@H](c2ccc3c(c2)OCO3)N1c1cccc(Cl)c1. The molecule has 0 bridgehead atoms. The van der Waals surface area contributed by atoms with Gasteiger partial charge in [-0.3, -0.25) is 9.69 Å². The second-order valence-electron chi connectivity index (χ2n) is 6.74. The fourth-order valence-electron chi connectivity index (χ4n) is 3.57. The molecule has 3 aromatic carbocycles. The van der Waals surface area contributed by atoms with Crippen molar-refractivity contribution in [2.45, 2.75) is 12.1 Å². The number of β-lactam (4-membered cyclic amide) rings is 1. The third-order valence-electron chi connectivity index (χ3n) is 4.95. The van der Waals surface area contributed by atoms with Crippen LogP contribution in [0.15, 0.2) is 66.7 Å². The Labute approximate surface area is 177 Å². The normalized spacial score (nSPS) is 19.8. The second kappa shape index (κ2) is 7.17. The topological polar surface area (TPSA) is 48.0 Å². The monoisotopic (exact) mass is 427 g/mol. The number of hydrogen-bond donors (Lipinski definition) is 0. The van der Waals surface area contributed by atoms with Gasteiger partial charge in [0.1, 0.15) is 11.8 Å². The minimum absolute atomic E-state index is 0.148. The van der Waals surface area contributed by atoms with Crippen LogP contribution in [0.4, 0.5) is 5.69 Å². The Bertz CT molecular complexity index is 1090. The number of nitrogens with zero attached hydrogens (tertiary/aromatic N) is 1. The number of amides is 1. The average Bonchev–Trinajstić information content (AvgIpc) is 3.19. The fourth-order valence-corrected chi connectivity index (χ4v) is 3.88. The summed E-state index contributed by atoms with van der Waals surface area (Å²) in [6.07, 6.45) is -0.685. The van der Waals surface area contributed by atoms with Gasteiger partial charge in [-0.15, -0.1) is 0 Å². The van der Waals surface area contributed by atoms with Crippen molar-refractivity contribution in [3.05, 3.63) is 82.3 Å². The Balaban J connectivity index is 1.52. The molecular formula is C22H15Cl2NO4. The number of fused-ring (bicyclic) bond motifs is 1. The van der Waals surface area contributed by atoms with Crippen molar-refractivity contribution in [1.82, 2.24) is 0 Å². The van der Waals surface area contributed by atoms with E-state index < -0.39 is 6.10 Å². The van der Waals surface area contributed by atoms with E-state index in [2.05, 4.69) is 0 Å². The van der Waals surface area contributed by atoms with Crippen LogP contribution in [0.3, 0.4) is 0 Å². The van der Waals surface area contributed by atoms with E-state index in [4.69, 9.17) is 37.4 Å². The lowest BCUT2D eigenvalue weighted by molar-refractivity contribution is -0.135. The molecule has 1 saturated heterocycles. The summed E-state index contributed by atoms with van der Waals surface area (Å²) in [4.78, 5) is 14.7. The first-order valence-corrected chi connectivity index (χ1v) is 9.76. The molecule has 3 aromatic rings. The van der Waals surface area contributed by atoms with Crippen molar-refractivity contribution in [1.29, 1.82) is 0 Å². The Morgan fingerprint density at radius 1 is 0.897 bits per heavy atom. The highest BCUT2D eigenvalue weighted by Crippen LogP contribution is 2.44. The van der Waals surface area contributed by atoms with Gasteiger partial charge in [-0.25, -0.2) is 0 Å². The fraction of sp³-hybridized carbons (Fsp3) is 0.136. The van der Waals surface area contributed by atoms with Crippen molar-refractivity contribution < 1.29 is 19.0 Å². The highest BCUT2D eigenvalue weighted by molar-refractivity contribution is 6.31. The maximum atomic E-state index is 13.0. The lowest BCUT2D eigenvalue weighted by atomic mass is 9.89. The van der Waals surface area contributed by atoms with Crippen molar-refractivity contribution in [3.63, 3.8) is 0 Å². The standard InChI is InChI=1S/C22H15Cl2NO4/c23-14-5-7-17(8-6-14)29-21-20(13-4-9-18-19(10-13)28-12-27-18)25(22(21)26)16-3-1-2-15(24)11-16/h1-11,20-21H,12H2/t20-,21-/m1/s1. The quantitative estimate of drug-likeness (QED) is 0.532. The van der Waals surface area contributed by atoms with Crippen LogP contribution < -0.4 is 19.1 Å². The third-order valence-corrected chi connectivity index (χ3v) is 5.43. The van der Waals surface area contributed by atoms with E-state index in [9.17, 15) is 4.79 Å². The molecule has 5 nitrogen and oxygen atoms in total. The first kappa shape index (κ1) is 18.2. The zero-order chi connectivity index (χ0) is 20.0. The van der Waals surface area contributed by atoms with Gasteiger partial charge in [0.2, 0.25) is 12.9 Å². The molecule has 0 spiro atoms. The molecule has 0 N–H and O–H groups in total. The molecule has 0 saturated carbocycles. The largest absolute Gasteiger partial charge is 0.478 e. The summed E-state index contributed by atoms with van der Waals surface area (Å²) in [5, 5.41) is 1.16. The van der Waals surface area contributed by atoms with E-state index in [1.165, 1.54) is 0 Å². The number of carbonyl (C=O) groups is 1. The summed E-state index contributed by atoms with van der Waals surface area (Å²) >= 11 is 12.1. The number of halogens is 2. The number of hydrogen-bond acceptors (Lipinski definition) is 4. The molecule has 146 valence electrons. The van der Waals surface area contributed by atoms with Crippen LogP contribution >= 0.6 is 23.2 Å². The molecule has 2 atom stereocenters. The summed E-state index contributed by atoms with van der Waals surface area (Å²) in [7, 11) is 0. The zero-order valence-electron chi connectivity index (χ0n) is 15.0. The lowest BCUT2D eigenvalue weighted by Gasteiger charge is -2.46. The van der Waals surface area contributed by atoms with Gasteiger partial charge in [-0.2, -0.15) is 0 Å². The summed E-state index contributed by atoms with van der Waals surface area (Å²) in [6.45, 7) is 0.186. The molecule has 5 rings (SSSR count). The number of ether oxygens (including phenoxy) is 3. The van der Waals surface area contributed by atoms with Gasteiger partial charge in [0, 0.05) is 15.7 Å². The molecule has 2 aliphatic rings. The molecular weight excluding hydrogens is 413 g/mol. The third kappa shape index (κ3) is 3.26. The molecule has 0 radical (unpaired) electrons. The minimum atomic E-state index is -0.685. The average molecular weight is 428 g/mol. The van der Waals surface area contributed by atoms with Gasteiger partial charge >= 0.3 is 0 Å². The first-order chi connectivity index (χ1) is 14.1. The number of carbonyl (C=O) groups excluding carboxylic acids is 1. The molecule has 29 heavy (non-hydrogen) atoms. The van der Waals surface area contributed by atoms with Crippen molar-refractivity contribution in [2.24, 2.45) is 0 Å². The predicted octanol–water partition coefficient (Wildman–Crippen LogP) is 5.26. The zero-order valence-corrected chi connectivity index (χ0v) is 16.6. The van der Waals surface area contributed by atoms with Crippen LogP contribution in [-0.4, -0.2) is 18.8 Å². The van der Waals surface area contributed by atoms with Crippen LogP contribution in [0, 0.1) is 0 Å². The number of rotatable bonds is 4. The van der Waals surface area contributed by atoms with Gasteiger partial charge < -0.3 is 14.2 Å². The van der Waals surface area contributed by atoms with E-state index >= 15 is 0 Å². The Hall–Kier alpha value is -2.89. The van der Waals surface area contributed by atoms with E-state index in [0.29, 0.717) is 33.0 Å². The lowest BCUT2D eigenvalue weighted by Crippen LogP contribution is -2.61. The molecule has 0 aliphatic carbocycles. The van der Waals surface area contributed by atoms with E-state index in [1.807, 2.05) is 30.3 Å². The molecule has 1 amide bonds. The molecule has 2 heterocycles. The summed E-state index contributed by atoms with van der Waals surface area (Å²) < 4.78 is 16.9. The van der Waals surface area contributed by atoms with Crippen LogP contribution in [0.1, 0.15) is 11.6 Å². The second-order valence-corrected chi connectivity index (χ2v) is 7.61. The molecule has 0 unspecified atom stereocenters. The maximum absolute atomic E-state index is 13.0. The van der Waals surface area contributed by atoms with Crippen LogP contribution in [0.25, 0.3) is 0 Å². The van der Waals surface area contributed by atoms with E-state index in [0.717, 1.165) is 5.56 Å². The Kier molecular flexibility index (Phi) is 4.49. The number of benzene rings is 3. The highest BCUT2D eigenvalue weighted by Gasteiger charge is 2.51. The Morgan fingerprint density at radius 2 is 1.69 bits per heavy atom. The van der Waals surface area contributed by atoms with Crippen molar-refractivity contribution in [2.75, 3.05) is 11.7 Å². The summed E-state index contributed by atoms with van der Waals surface area (Å²) in [6, 6.07) is 19.4. The highest BCUT2D eigenvalue weighted by atomic mass is 35.5. The molecule has 1 fully saturated rings. The van der Waals surface area contributed by atoms with Gasteiger partial charge in [0.25, 0.3) is 5.91 Å². The first-order valence-electron chi connectivity index (χ1n) is 9.00. The summed E-state index contributed by atoms with van der Waals surface area (Å²) in [5.41, 5.74) is 1.59. The van der Waals surface area contributed by atoms with Crippen molar-refractivity contribution >= 4 is 34.8 Å². The van der Waals surface area contributed by atoms with Gasteiger partial charge in [0.15, 0.2) is 11.5 Å². The maximum Gasteiger partial charge on any atom is 0.271 e. The van der Waals surface area contributed by atoms with Crippen LogP contribution in [-0.2, 0) is 4.79 Å². The smallest absolute Gasteiger partial charge is 0.271 e. The minimum Gasteiger partial charge on any atom is -0.478 e. The summed E-state index contributed by atoms with van der Waals surface area (Å²) in [5.74, 6) is 1.76. The number of anilines is 1. The van der Waals surface area contributed by atoms with Crippen LogP contribution in [0.2, 0.25) is 10.0 Å². The molecule has 0 aromatic heterocycles. The van der Waals surface area contributed by atoms with Gasteiger partial charge in [0.05, 0.1) is 0 Å². The van der Waals surface area contributed by atoms with Crippen LogP contribution in [0.5, 0.6) is 17.2 Å². The van der Waals surface area contributed by atoms with Gasteiger partial charge in [-0.05, 0) is 60.2 Å².